The maximum absolute atomic E-state index is 10.4. The number of hydrogen-bond donors (Lipinski definition) is 3. The average Bonchev–Trinajstić information content (AvgIpc) is 2.34. The van der Waals surface area contributed by atoms with E-state index in [4.69, 9.17) is 16.6 Å². The van der Waals surface area contributed by atoms with Crippen molar-refractivity contribution in [3.05, 3.63) is 59.7 Å². The predicted octanol–water partition coefficient (Wildman–Crippen LogP) is 2.54. The Morgan fingerprint density at radius 3 is 1.72 bits per heavy atom. The van der Waals surface area contributed by atoms with Gasteiger partial charge in [-0.15, -0.1) is 0 Å². The fourth-order valence-corrected chi connectivity index (χ4v) is 1.32. The predicted molar refractivity (Wildman–Crippen MR) is 73.4 cm³/mol. The largest absolute Gasteiger partial charge is 0.478 e. The highest BCUT2D eigenvalue weighted by molar-refractivity contribution is 5.89. The Labute approximate surface area is 106 Å². The first-order chi connectivity index (χ1) is 8.52. The van der Waals surface area contributed by atoms with E-state index < -0.39 is 5.97 Å². The zero-order chi connectivity index (χ0) is 13.5. The van der Waals surface area contributed by atoms with Crippen LogP contribution in [0, 0.1) is 6.92 Å². The van der Waals surface area contributed by atoms with Crippen LogP contribution in [0.25, 0.3) is 0 Å². The maximum atomic E-state index is 10.4. The molecule has 2 rings (SSSR count). The standard InChI is InChI=1S/C8H8O2.C6H8N2/c1-6-4-2-3-5-7(6)8(9)10;7-5-3-1-2-4-6(5)8/h2-5H,1H3,(H,9,10);1-4H,7-8H2. The molecule has 0 unspecified atom stereocenters. The maximum Gasteiger partial charge on any atom is 0.335 e. The third kappa shape index (κ3) is 3.83. The van der Waals surface area contributed by atoms with Crippen molar-refractivity contribution < 1.29 is 9.90 Å². The molecule has 0 saturated carbocycles. The first-order valence-electron chi connectivity index (χ1n) is 5.41. The van der Waals surface area contributed by atoms with E-state index in [9.17, 15) is 4.79 Å². The zero-order valence-electron chi connectivity index (χ0n) is 10.1. The minimum absolute atomic E-state index is 0.377. The number of aryl methyl sites for hydroxylation is 1. The number of aromatic carboxylic acids is 1. The van der Waals surface area contributed by atoms with Crippen LogP contribution in [0.5, 0.6) is 0 Å². The number of rotatable bonds is 1. The van der Waals surface area contributed by atoms with Crippen molar-refractivity contribution >= 4 is 17.3 Å². The highest BCUT2D eigenvalue weighted by atomic mass is 16.4. The summed E-state index contributed by atoms with van der Waals surface area (Å²) >= 11 is 0. The van der Waals surface area contributed by atoms with Gasteiger partial charge in [0.1, 0.15) is 0 Å². The number of benzene rings is 2. The molecule has 4 nitrogen and oxygen atoms in total. The molecule has 0 aliphatic carbocycles. The van der Waals surface area contributed by atoms with Crippen molar-refractivity contribution in [3.8, 4) is 0 Å². The Balaban J connectivity index is 0.000000184. The van der Waals surface area contributed by atoms with Gasteiger partial charge in [0, 0.05) is 0 Å². The van der Waals surface area contributed by atoms with E-state index in [-0.39, 0.29) is 0 Å². The molecular formula is C14H16N2O2. The Hall–Kier alpha value is -2.49. The van der Waals surface area contributed by atoms with Crippen LogP contribution in [0.4, 0.5) is 11.4 Å². The van der Waals surface area contributed by atoms with Crippen molar-refractivity contribution in [3.63, 3.8) is 0 Å². The number of nitrogen functional groups attached to an aromatic ring is 2. The van der Waals surface area contributed by atoms with Crippen LogP contribution < -0.4 is 11.5 Å². The molecule has 0 fully saturated rings. The van der Waals surface area contributed by atoms with Crippen molar-refractivity contribution in [2.45, 2.75) is 6.92 Å². The number of anilines is 2. The smallest absolute Gasteiger partial charge is 0.335 e. The molecular weight excluding hydrogens is 228 g/mol. The average molecular weight is 244 g/mol. The van der Waals surface area contributed by atoms with Crippen molar-refractivity contribution in [1.82, 2.24) is 0 Å². The summed E-state index contributed by atoms with van der Waals surface area (Å²) in [6, 6.07) is 14.2. The lowest BCUT2D eigenvalue weighted by Gasteiger charge is -1.96. The quantitative estimate of drug-likeness (QED) is 0.672. The van der Waals surface area contributed by atoms with E-state index in [2.05, 4.69) is 0 Å². The van der Waals surface area contributed by atoms with Crippen LogP contribution in [0.3, 0.4) is 0 Å². The van der Waals surface area contributed by atoms with Gasteiger partial charge in [-0.05, 0) is 30.7 Å². The summed E-state index contributed by atoms with van der Waals surface area (Å²) in [6.07, 6.45) is 0. The third-order valence-electron chi connectivity index (χ3n) is 2.37. The Kier molecular flexibility index (Phi) is 4.75. The Bertz CT molecular complexity index is 518. The highest BCUT2D eigenvalue weighted by Gasteiger charge is 2.02. The van der Waals surface area contributed by atoms with Crippen LogP contribution in [0.2, 0.25) is 0 Å². The van der Waals surface area contributed by atoms with Gasteiger partial charge in [-0.1, -0.05) is 30.3 Å². The molecule has 2 aromatic carbocycles. The van der Waals surface area contributed by atoms with Crippen molar-refractivity contribution in [1.29, 1.82) is 0 Å². The molecule has 0 aliphatic heterocycles. The van der Waals surface area contributed by atoms with E-state index in [0.29, 0.717) is 16.9 Å². The molecule has 0 spiro atoms. The van der Waals surface area contributed by atoms with Crippen LogP contribution in [0.1, 0.15) is 15.9 Å². The van der Waals surface area contributed by atoms with Gasteiger partial charge in [-0.25, -0.2) is 4.79 Å². The zero-order valence-corrected chi connectivity index (χ0v) is 10.1. The Morgan fingerprint density at radius 2 is 1.39 bits per heavy atom. The number of nitrogens with two attached hydrogens (primary N) is 2. The van der Waals surface area contributed by atoms with E-state index in [0.717, 1.165) is 5.56 Å². The van der Waals surface area contributed by atoms with Crippen LogP contribution in [0.15, 0.2) is 48.5 Å². The molecule has 0 aromatic heterocycles. The van der Waals surface area contributed by atoms with Crippen molar-refractivity contribution in [2.75, 3.05) is 11.5 Å². The molecule has 94 valence electrons. The lowest BCUT2D eigenvalue weighted by Crippen LogP contribution is -1.97. The second-order valence-corrected chi connectivity index (χ2v) is 3.75. The van der Waals surface area contributed by atoms with Crippen LogP contribution in [-0.2, 0) is 0 Å². The minimum atomic E-state index is -0.863. The van der Waals surface area contributed by atoms with E-state index >= 15 is 0 Å². The molecule has 0 bridgehead atoms. The summed E-state index contributed by atoms with van der Waals surface area (Å²) in [6.45, 7) is 1.78. The number of carboxylic acid groups (broad SMARTS) is 1. The second kappa shape index (κ2) is 6.30. The summed E-state index contributed by atoms with van der Waals surface area (Å²) in [5.41, 5.74) is 13.3. The SMILES string of the molecule is Cc1ccccc1C(=O)O.Nc1ccccc1N. The molecule has 0 radical (unpaired) electrons. The van der Waals surface area contributed by atoms with Gasteiger partial charge in [0.15, 0.2) is 0 Å². The number of hydrogen-bond acceptors (Lipinski definition) is 3. The molecule has 0 amide bonds. The van der Waals surface area contributed by atoms with Gasteiger partial charge in [0.05, 0.1) is 16.9 Å². The first-order valence-corrected chi connectivity index (χ1v) is 5.41. The summed E-state index contributed by atoms with van der Waals surface area (Å²) in [5, 5.41) is 8.57. The topological polar surface area (TPSA) is 89.3 Å². The minimum Gasteiger partial charge on any atom is -0.478 e. The molecule has 2 aromatic rings. The summed E-state index contributed by atoms with van der Waals surface area (Å²) in [7, 11) is 0. The molecule has 0 saturated heterocycles. The molecule has 0 heterocycles. The van der Waals surface area contributed by atoms with E-state index in [1.165, 1.54) is 0 Å². The normalized spacial score (nSPS) is 9.17. The van der Waals surface area contributed by atoms with Gasteiger partial charge in [-0.3, -0.25) is 0 Å². The molecule has 5 N–H and O–H groups in total. The van der Waals surface area contributed by atoms with Gasteiger partial charge >= 0.3 is 5.97 Å². The van der Waals surface area contributed by atoms with Gasteiger partial charge in [0.25, 0.3) is 0 Å². The fraction of sp³-hybridized carbons (Fsp3) is 0.0714. The lowest BCUT2D eigenvalue weighted by molar-refractivity contribution is 0.0696. The molecule has 0 aliphatic rings. The van der Waals surface area contributed by atoms with E-state index in [1.807, 2.05) is 18.2 Å². The number of para-hydroxylation sites is 2. The van der Waals surface area contributed by atoms with Gasteiger partial charge in [0.2, 0.25) is 0 Å². The summed E-state index contributed by atoms with van der Waals surface area (Å²) < 4.78 is 0. The summed E-state index contributed by atoms with van der Waals surface area (Å²) in [5.74, 6) is -0.863. The van der Waals surface area contributed by atoms with Crippen molar-refractivity contribution in [2.24, 2.45) is 0 Å². The summed E-state index contributed by atoms with van der Waals surface area (Å²) in [4.78, 5) is 10.4. The monoisotopic (exact) mass is 244 g/mol. The lowest BCUT2D eigenvalue weighted by atomic mass is 10.1. The third-order valence-corrected chi connectivity index (χ3v) is 2.37. The highest BCUT2D eigenvalue weighted by Crippen LogP contribution is 2.10. The molecule has 0 atom stereocenters. The number of carbonyl (C=O) groups is 1. The fourth-order valence-electron chi connectivity index (χ4n) is 1.32. The van der Waals surface area contributed by atoms with E-state index in [1.54, 1.807) is 37.3 Å². The number of carboxylic acids is 1. The van der Waals surface area contributed by atoms with Crippen LogP contribution >= 0.6 is 0 Å². The first kappa shape index (κ1) is 13.6. The van der Waals surface area contributed by atoms with Gasteiger partial charge < -0.3 is 16.6 Å². The van der Waals surface area contributed by atoms with Gasteiger partial charge in [-0.2, -0.15) is 0 Å². The van der Waals surface area contributed by atoms with Crippen LogP contribution in [-0.4, -0.2) is 11.1 Å². The molecule has 18 heavy (non-hydrogen) atoms. The Morgan fingerprint density at radius 1 is 0.944 bits per heavy atom. The second-order valence-electron chi connectivity index (χ2n) is 3.75. The molecule has 4 heteroatoms.